The number of morpholine rings is 1. The summed E-state index contributed by atoms with van der Waals surface area (Å²) in [5.74, 6) is -0.297. The first-order chi connectivity index (χ1) is 9.02. The van der Waals surface area contributed by atoms with Crippen molar-refractivity contribution in [2.45, 2.75) is 32.1 Å². The van der Waals surface area contributed by atoms with E-state index in [0.29, 0.717) is 17.1 Å². The molecule has 1 aromatic carbocycles. The van der Waals surface area contributed by atoms with E-state index < -0.39 is 0 Å². The van der Waals surface area contributed by atoms with Gasteiger partial charge in [0.2, 0.25) is 0 Å². The minimum Gasteiger partial charge on any atom is -0.373 e. The van der Waals surface area contributed by atoms with Gasteiger partial charge in [0.25, 0.3) is 0 Å². The third-order valence-corrected chi connectivity index (χ3v) is 3.77. The van der Waals surface area contributed by atoms with Crippen molar-refractivity contribution < 1.29 is 9.13 Å². The van der Waals surface area contributed by atoms with Crippen molar-refractivity contribution in [1.82, 2.24) is 4.90 Å². The molecule has 2 N–H and O–H groups in total. The molecule has 1 fully saturated rings. The van der Waals surface area contributed by atoms with E-state index in [9.17, 15) is 4.39 Å². The van der Waals surface area contributed by atoms with Crippen LogP contribution in [0, 0.1) is 5.82 Å². The van der Waals surface area contributed by atoms with Gasteiger partial charge >= 0.3 is 0 Å². The number of rotatable bonds is 3. The summed E-state index contributed by atoms with van der Waals surface area (Å²) in [5, 5.41) is 0.433. The summed E-state index contributed by atoms with van der Waals surface area (Å²) in [5.41, 5.74) is 6.35. The maximum absolute atomic E-state index is 14.0. The van der Waals surface area contributed by atoms with Gasteiger partial charge in [0, 0.05) is 30.2 Å². The average molecular weight is 287 g/mol. The van der Waals surface area contributed by atoms with Crippen molar-refractivity contribution in [2.24, 2.45) is 5.73 Å². The second kappa shape index (κ2) is 6.18. The summed E-state index contributed by atoms with van der Waals surface area (Å²) in [4.78, 5) is 2.16. The molecule has 5 heteroatoms. The van der Waals surface area contributed by atoms with Crippen LogP contribution in [0.4, 0.5) is 4.39 Å². The minimum absolute atomic E-state index is 0.114. The van der Waals surface area contributed by atoms with Crippen molar-refractivity contribution >= 4 is 11.6 Å². The summed E-state index contributed by atoms with van der Waals surface area (Å²) >= 11 is 6.14. The summed E-state index contributed by atoms with van der Waals surface area (Å²) in [6.07, 6.45) is 0.228. The molecule has 1 aliphatic heterocycles. The second-order valence-corrected chi connectivity index (χ2v) is 5.51. The van der Waals surface area contributed by atoms with E-state index in [1.807, 2.05) is 13.8 Å². The highest BCUT2D eigenvalue weighted by atomic mass is 35.5. The fraction of sp³-hybridized carbons (Fsp3) is 0.571. The molecule has 0 saturated carbocycles. The van der Waals surface area contributed by atoms with Crippen LogP contribution in [0.25, 0.3) is 0 Å². The number of nitrogens with zero attached hydrogens (tertiary/aromatic N) is 1. The minimum atomic E-state index is -0.297. The smallest absolute Gasteiger partial charge is 0.129 e. The maximum atomic E-state index is 14.0. The molecule has 2 rings (SSSR count). The molecular formula is C14H20ClFN2O. The van der Waals surface area contributed by atoms with E-state index in [2.05, 4.69) is 4.90 Å². The molecule has 0 unspecified atom stereocenters. The van der Waals surface area contributed by atoms with Gasteiger partial charge < -0.3 is 10.5 Å². The zero-order valence-corrected chi connectivity index (χ0v) is 12.0. The van der Waals surface area contributed by atoms with Crippen LogP contribution < -0.4 is 5.73 Å². The van der Waals surface area contributed by atoms with Crippen LogP contribution in [-0.4, -0.2) is 36.7 Å². The highest BCUT2D eigenvalue weighted by molar-refractivity contribution is 6.31. The van der Waals surface area contributed by atoms with Gasteiger partial charge in [-0.25, -0.2) is 4.39 Å². The van der Waals surface area contributed by atoms with Crippen LogP contribution in [0.3, 0.4) is 0 Å². The molecule has 0 bridgehead atoms. The molecule has 1 saturated heterocycles. The number of benzene rings is 1. The Bertz CT molecular complexity index is 413. The predicted octanol–water partition coefficient (Wildman–Crippen LogP) is 2.59. The first-order valence-corrected chi connectivity index (χ1v) is 6.94. The molecule has 0 aliphatic carbocycles. The standard InChI is InChI=1S/C14H20ClFN2O/c1-9-7-18(8-10(2)19-9)13(6-17)14-11(15)4-3-5-12(14)16/h3-5,9-10,13H,6-8,17H2,1-2H3/t9-,10-,13-/m1/s1. The molecule has 0 spiro atoms. The number of hydrogen-bond donors (Lipinski definition) is 1. The third-order valence-electron chi connectivity index (χ3n) is 3.44. The number of halogens is 2. The molecule has 0 aromatic heterocycles. The van der Waals surface area contributed by atoms with Crippen molar-refractivity contribution in [1.29, 1.82) is 0 Å². The number of ether oxygens (including phenoxy) is 1. The van der Waals surface area contributed by atoms with Gasteiger partial charge in [-0.3, -0.25) is 4.90 Å². The predicted molar refractivity (Wildman–Crippen MR) is 74.8 cm³/mol. The van der Waals surface area contributed by atoms with Crippen LogP contribution in [0.15, 0.2) is 18.2 Å². The zero-order valence-electron chi connectivity index (χ0n) is 11.3. The molecule has 3 atom stereocenters. The number of nitrogens with two attached hydrogens (primary N) is 1. The van der Waals surface area contributed by atoms with E-state index in [0.717, 1.165) is 13.1 Å². The fourth-order valence-corrected chi connectivity index (χ4v) is 3.04. The quantitative estimate of drug-likeness (QED) is 0.928. The van der Waals surface area contributed by atoms with Crippen LogP contribution >= 0.6 is 11.6 Å². The van der Waals surface area contributed by atoms with Crippen LogP contribution in [0.1, 0.15) is 25.5 Å². The Hall–Kier alpha value is -0.680. The Morgan fingerprint density at radius 1 is 1.42 bits per heavy atom. The number of hydrogen-bond acceptors (Lipinski definition) is 3. The van der Waals surface area contributed by atoms with Gasteiger partial charge in [0.05, 0.1) is 18.2 Å². The van der Waals surface area contributed by atoms with E-state index >= 15 is 0 Å². The lowest BCUT2D eigenvalue weighted by Crippen LogP contribution is -2.48. The SMILES string of the molecule is C[C@@H]1CN([C@H](CN)c2c(F)cccc2Cl)C[C@@H](C)O1. The Kier molecular flexibility index (Phi) is 4.79. The van der Waals surface area contributed by atoms with Crippen molar-refractivity contribution in [3.63, 3.8) is 0 Å². The summed E-state index contributed by atoms with van der Waals surface area (Å²) in [7, 11) is 0. The fourth-order valence-electron chi connectivity index (χ4n) is 2.75. The molecule has 1 aromatic rings. The zero-order chi connectivity index (χ0) is 14.0. The molecule has 3 nitrogen and oxygen atoms in total. The Morgan fingerprint density at radius 2 is 2.05 bits per heavy atom. The topological polar surface area (TPSA) is 38.5 Å². The van der Waals surface area contributed by atoms with Crippen LogP contribution in [0.5, 0.6) is 0 Å². The Balaban J connectivity index is 2.29. The van der Waals surface area contributed by atoms with E-state index in [1.54, 1.807) is 12.1 Å². The van der Waals surface area contributed by atoms with Gasteiger partial charge in [0.1, 0.15) is 5.82 Å². The normalized spacial score (nSPS) is 26.4. The van der Waals surface area contributed by atoms with Crippen molar-refractivity contribution in [2.75, 3.05) is 19.6 Å². The van der Waals surface area contributed by atoms with Gasteiger partial charge in [-0.15, -0.1) is 0 Å². The van der Waals surface area contributed by atoms with Crippen molar-refractivity contribution in [3.05, 3.63) is 34.6 Å². The lowest BCUT2D eigenvalue weighted by molar-refractivity contribution is -0.0802. The monoisotopic (exact) mass is 286 g/mol. The van der Waals surface area contributed by atoms with Crippen LogP contribution in [0.2, 0.25) is 5.02 Å². The molecule has 0 radical (unpaired) electrons. The van der Waals surface area contributed by atoms with Gasteiger partial charge in [0.15, 0.2) is 0 Å². The van der Waals surface area contributed by atoms with E-state index in [1.165, 1.54) is 6.07 Å². The first-order valence-electron chi connectivity index (χ1n) is 6.56. The maximum Gasteiger partial charge on any atom is 0.129 e. The van der Waals surface area contributed by atoms with Gasteiger partial charge in [-0.2, -0.15) is 0 Å². The lowest BCUT2D eigenvalue weighted by atomic mass is 10.0. The largest absolute Gasteiger partial charge is 0.373 e. The van der Waals surface area contributed by atoms with E-state index in [-0.39, 0.29) is 24.1 Å². The second-order valence-electron chi connectivity index (χ2n) is 5.10. The molecule has 106 valence electrons. The van der Waals surface area contributed by atoms with Gasteiger partial charge in [-0.1, -0.05) is 17.7 Å². The summed E-state index contributed by atoms with van der Waals surface area (Å²) in [6.45, 7) is 5.83. The highest BCUT2D eigenvalue weighted by Gasteiger charge is 2.30. The molecule has 19 heavy (non-hydrogen) atoms. The Labute approximate surface area is 118 Å². The highest BCUT2D eigenvalue weighted by Crippen LogP contribution is 2.31. The third kappa shape index (κ3) is 3.26. The summed E-state index contributed by atoms with van der Waals surface area (Å²) < 4.78 is 19.7. The van der Waals surface area contributed by atoms with Crippen LogP contribution in [-0.2, 0) is 4.74 Å². The van der Waals surface area contributed by atoms with Gasteiger partial charge in [-0.05, 0) is 26.0 Å². The average Bonchev–Trinajstić information content (AvgIpc) is 2.32. The van der Waals surface area contributed by atoms with E-state index in [4.69, 9.17) is 22.1 Å². The van der Waals surface area contributed by atoms with Crippen molar-refractivity contribution in [3.8, 4) is 0 Å². The summed E-state index contributed by atoms with van der Waals surface area (Å²) in [6, 6.07) is 4.54. The Morgan fingerprint density at radius 3 is 2.58 bits per heavy atom. The lowest BCUT2D eigenvalue weighted by Gasteiger charge is -2.40. The first kappa shape index (κ1) is 14.7. The molecule has 1 aliphatic rings. The molecule has 1 heterocycles. The molecular weight excluding hydrogens is 267 g/mol. The molecule has 0 amide bonds.